The van der Waals surface area contributed by atoms with Gasteiger partial charge in [0.15, 0.2) is 0 Å². The molecule has 3 heteroatoms. The predicted molar refractivity (Wildman–Crippen MR) is 68.3 cm³/mol. The Morgan fingerprint density at radius 2 is 1.50 bits per heavy atom. The molecule has 1 nitrogen and oxygen atoms in total. The minimum Gasteiger partial charge on any atom is -0.506 e. The number of phenolic OH excluding ortho intramolecular Hbond substituents is 1. The first-order valence-electron chi connectivity index (χ1n) is 4.83. The topological polar surface area (TPSA) is 20.2 Å². The zero-order valence-electron chi connectivity index (χ0n) is 8.67. The molecule has 0 spiro atoms. The molecule has 0 saturated heterocycles. The summed E-state index contributed by atoms with van der Waals surface area (Å²) in [5, 5.41) is 10.4. The van der Waals surface area contributed by atoms with E-state index in [1.54, 1.807) is 12.1 Å². The van der Waals surface area contributed by atoms with Gasteiger partial charge in [-0.05, 0) is 47.9 Å². The van der Waals surface area contributed by atoms with Crippen molar-refractivity contribution in [3.63, 3.8) is 0 Å². The van der Waals surface area contributed by atoms with Crippen LogP contribution in [0.3, 0.4) is 0 Å². The highest BCUT2D eigenvalue weighted by molar-refractivity contribution is 6.32. The minimum atomic E-state index is 0.0936. The minimum absolute atomic E-state index is 0.0936. The molecule has 0 aromatic heterocycles. The summed E-state index contributed by atoms with van der Waals surface area (Å²) >= 11 is 11.8. The van der Waals surface area contributed by atoms with Crippen molar-refractivity contribution in [2.75, 3.05) is 0 Å². The Bertz CT molecular complexity index is 486. The first-order valence-corrected chi connectivity index (χ1v) is 5.58. The van der Waals surface area contributed by atoms with E-state index in [1.807, 2.05) is 31.2 Å². The molecule has 0 radical (unpaired) electrons. The zero-order valence-corrected chi connectivity index (χ0v) is 10.2. The Labute approximate surface area is 104 Å². The maximum Gasteiger partial charge on any atom is 0.134 e. The number of halogens is 2. The fourth-order valence-corrected chi connectivity index (χ4v) is 1.81. The van der Waals surface area contributed by atoms with E-state index in [0.29, 0.717) is 5.02 Å². The molecule has 0 saturated carbocycles. The van der Waals surface area contributed by atoms with E-state index in [1.165, 1.54) is 0 Å². The van der Waals surface area contributed by atoms with Crippen LogP contribution in [0.2, 0.25) is 10.0 Å². The van der Waals surface area contributed by atoms with Crippen molar-refractivity contribution in [1.29, 1.82) is 0 Å². The Morgan fingerprint density at radius 1 is 0.875 bits per heavy atom. The van der Waals surface area contributed by atoms with Gasteiger partial charge in [0.1, 0.15) is 5.75 Å². The van der Waals surface area contributed by atoms with E-state index in [4.69, 9.17) is 23.2 Å². The molecule has 2 aromatic carbocycles. The molecule has 0 fully saturated rings. The largest absolute Gasteiger partial charge is 0.506 e. The Kier molecular flexibility index (Phi) is 3.08. The van der Waals surface area contributed by atoms with Crippen LogP contribution < -0.4 is 0 Å². The lowest BCUT2D eigenvalue weighted by atomic mass is 10.0. The van der Waals surface area contributed by atoms with E-state index in [-0.39, 0.29) is 5.75 Å². The average Bonchev–Trinajstić information content (AvgIpc) is 2.26. The fourth-order valence-electron chi connectivity index (χ4n) is 1.51. The van der Waals surface area contributed by atoms with Crippen molar-refractivity contribution < 1.29 is 5.11 Å². The maximum absolute atomic E-state index is 9.34. The van der Waals surface area contributed by atoms with Gasteiger partial charge in [0.05, 0.1) is 5.02 Å². The third-order valence-electron chi connectivity index (χ3n) is 2.44. The second-order valence-corrected chi connectivity index (χ2v) is 4.44. The normalized spacial score (nSPS) is 10.4. The van der Waals surface area contributed by atoms with Crippen LogP contribution in [0.4, 0.5) is 0 Å². The molecule has 0 aliphatic rings. The fraction of sp³-hybridized carbons (Fsp3) is 0.0769. The number of phenols is 1. The van der Waals surface area contributed by atoms with E-state index in [2.05, 4.69) is 0 Å². The van der Waals surface area contributed by atoms with Gasteiger partial charge >= 0.3 is 0 Å². The first-order chi connectivity index (χ1) is 7.58. The molecular formula is C13H10Cl2O. The molecule has 2 rings (SSSR count). The average molecular weight is 253 g/mol. The molecule has 0 bridgehead atoms. The zero-order chi connectivity index (χ0) is 11.7. The van der Waals surface area contributed by atoms with Crippen LogP contribution in [-0.2, 0) is 0 Å². The second-order valence-electron chi connectivity index (χ2n) is 3.63. The summed E-state index contributed by atoms with van der Waals surface area (Å²) in [5.41, 5.74) is 3.01. The number of aryl methyl sites for hydroxylation is 1. The van der Waals surface area contributed by atoms with Crippen molar-refractivity contribution in [2.24, 2.45) is 0 Å². The van der Waals surface area contributed by atoms with Gasteiger partial charge in [-0.3, -0.25) is 0 Å². The number of benzene rings is 2. The van der Waals surface area contributed by atoms with Crippen LogP contribution >= 0.6 is 23.2 Å². The van der Waals surface area contributed by atoms with Crippen LogP contribution in [-0.4, -0.2) is 5.11 Å². The number of rotatable bonds is 1. The SMILES string of the molecule is Cc1cc(-c2ccc(O)c(Cl)c2)ccc1Cl. The summed E-state index contributed by atoms with van der Waals surface area (Å²) in [5.74, 6) is 0.0936. The number of aromatic hydroxyl groups is 1. The van der Waals surface area contributed by atoms with E-state index >= 15 is 0 Å². The highest BCUT2D eigenvalue weighted by atomic mass is 35.5. The monoisotopic (exact) mass is 252 g/mol. The van der Waals surface area contributed by atoms with Crippen LogP contribution in [0, 0.1) is 6.92 Å². The standard InChI is InChI=1S/C13H10Cl2O/c1-8-6-9(2-4-11(8)14)10-3-5-13(16)12(15)7-10/h2-7,16H,1H3. The third-order valence-corrected chi connectivity index (χ3v) is 3.17. The lowest BCUT2D eigenvalue weighted by Crippen LogP contribution is -1.81. The second kappa shape index (κ2) is 4.36. The lowest BCUT2D eigenvalue weighted by Gasteiger charge is -2.05. The summed E-state index contributed by atoms with van der Waals surface area (Å²) in [7, 11) is 0. The van der Waals surface area contributed by atoms with E-state index in [9.17, 15) is 5.11 Å². The maximum atomic E-state index is 9.34. The molecule has 0 aliphatic heterocycles. The van der Waals surface area contributed by atoms with Crippen molar-refractivity contribution in [2.45, 2.75) is 6.92 Å². The number of hydrogen-bond acceptors (Lipinski definition) is 1. The summed E-state index contributed by atoms with van der Waals surface area (Å²) in [4.78, 5) is 0. The molecule has 82 valence electrons. The Balaban J connectivity index is 2.50. The smallest absolute Gasteiger partial charge is 0.134 e. The summed E-state index contributed by atoms with van der Waals surface area (Å²) in [6.45, 7) is 1.95. The highest BCUT2D eigenvalue weighted by Gasteiger charge is 2.04. The molecule has 0 atom stereocenters. The predicted octanol–water partition coefficient (Wildman–Crippen LogP) is 4.67. The van der Waals surface area contributed by atoms with E-state index in [0.717, 1.165) is 21.7 Å². The van der Waals surface area contributed by atoms with Gasteiger partial charge in [-0.25, -0.2) is 0 Å². The van der Waals surface area contributed by atoms with E-state index < -0.39 is 0 Å². The van der Waals surface area contributed by atoms with Gasteiger partial charge in [0.25, 0.3) is 0 Å². The van der Waals surface area contributed by atoms with Gasteiger partial charge in [-0.2, -0.15) is 0 Å². The van der Waals surface area contributed by atoms with Crippen LogP contribution in [0.5, 0.6) is 5.75 Å². The molecule has 1 N–H and O–H groups in total. The van der Waals surface area contributed by atoms with Crippen molar-refractivity contribution >= 4 is 23.2 Å². The molecule has 0 heterocycles. The third kappa shape index (κ3) is 2.16. The molecule has 0 amide bonds. The molecule has 16 heavy (non-hydrogen) atoms. The van der Waals surface area contributed by atoms with Gasteiger partial charge in [-0.15, -0.1) is 0 Å². The van der Waals surface area contributed by atoms with Crippen LogP contribution in [0.25, 0.3) is 11.1 Å². The van der Waals surface area contributed by atoms with Crippen LogP contribution in [0.1, 0.15) is 5.56 Å². The van der Waals surface area contributed by atoms with Crippen molar-refractivity contribution in [3.8, 4) is 16.9 Å². The van der Waals surface area contributed by atoms with Gasteiger partial charge < -0.3 is 5.11 Å². The molecular weight excluding hydrogens is 243 g/mol. The molecule has 0 unspecified atom stereocenters. The van der Waals surface area contributed by atoms with Gasteiger partial charge in [0.2, 0.25) is 0 Å². The highest BCUT2D eigenvalue weighted by Crippen LogP contribution is 2.30. The van der Waals surface area contributed by atoms with Crippen molar-refractivity contribution in [3.05, 3.63) is 52.0 Å². The van der Waals surface area contributed by atoms with Gasteiger partial charge in [0, 0.05) is 5.02 Å². The summed E-state index contributed by atoms with van der Waals surface area (Å²) in [6.07, 6.45) is 0. The number of hydrogen-bond donors (Lipinski definition) is 1. The van der Waals surface area contributed by atoms with Crippen molar-refractivity contribution in [1.82, 2.24) is 0 Å². The molecule has 0 aliphatic carbocycles. The summed E-state index contributed by atoms with van der Waals surface area (Å²) in [6, 6.07) is 10.9. The summed E-state index contributed by atoms with van der Waals surface area (Å²) < 4.78 is 0. The van der Waals surface area contributed by atoms with Crippen LogP contribution in [0.15, 0.2) is 36.4 Å². The Hall–Kier alpha value is -1.18. The quantitative estimate of drug-likeness (QED) is 0.782. The molecule has 2 aromatic rings. The first kappa shape index (κ1) is 11.3. The van der Waals surface area contributed by atoms with Gasteiger partial charge in [-0.1, -0.05) is 35.3 Å². The Morgan fingerprint density at radius 3 is 2.12 bits per heavy atom. The lowest BCUT2D eigenvalue weighted by molar-refractivity contribution is 0.475.